The molecule has 0 atom stereocenters. The van der Waals surface area contributed by atoms with Gasteiger partial charge in [0.1, 0.15) is 12.4 Å². The predicted molar refractivity (Wildman–Crippen MR) is 79.7 cm³/mol. The van der Waals surface area contributed by atoms with Crippen LogP contribution in [0.15, 0.2) is 18.2 Å². The third kappa shape index (κ3) is 5.23. The van der Waals surface area contributed by atoms with Gasteiger partial charge in [0.2, 0.25) is 0 Å². The van der Waals surface area contributed by atoms with Crippen LogP contribution in [0.2, 0.25) is 0 Å². The van der Waals surface area contributed by atoms with Crippen molar-refractivity contribution >= 4 is 9.84 Å². The number of hydrogen-bond donors (Lipinski definition) is 0. The van der Waals surface area contributed by atoms with Crippen molar-refractivity contribution in [2.45, 2.75) is 40.0 Å². The zero-order valence-corrected chi connectivity index (χ0v) is 13.1. The molecule has 0 radical (unpaired) electrons. The summed E-state index contributed by atoms with van der Waals surface area (Å²) in [5.74, 6) is 1.55. The Morgan fingerprint density at radius 1 is 1.21 bits per heavy atom. The molecule has 108 valence electrons. The van der Waals surface area contributed by atoms with E-state index in [0.29, 0.717) is 12.3 Å². The summed E-state index contributed by atoms with van der Waals surface area (Å²) in [5.41, 5.74) is 2.24. The van der Waals surface area contributed by atoms with Gasteiger partial charge in [0, 0.05) is 0 Å². The normalized spacial score (nSPS) is 11.8. The first-order valence-corrected chi connectivity index (χ1v) is 8.61. The summed E-state index contributed by atoms with van der Waals surface area (Å²) < 4.78 is 28.8. The topological polar surface area (TPSA) is 43.4 Å². The van der Waals surface area contributed by atoms with E-state index in [1.807, 2.05) is 26.0 Å². The van der Waals surface area contributed by atoms with Gasteiger partial charge >= 0.3 is 0 Å². The smallest absolute Gasteiger partial charge is 0.153 e. The van der Waals surface area contributed by atoms with Crippen LogP contribution in [0.1, 0.15) is 44.2 Å². The minimum Gasteiger partial charge on any atom is -0.492 e. The third-order valence-corrected chi connectivity index (χ3v) is 4.86. The van der Waals surface area contributed by atoms with Gasteiger partial charge in [-0.15, -0.1) is 0 Å². The maximum atomic E-state index is 11.6. The second-order valence-corrected chi connectivity index (χ2v) is 7.48. The molecule has 19 heavy (non-hydrogen) atoms. The monoisotopic (exact) mass is 284 g/mol. The minimum atomic E-state index is -2.97. The Kier molecular flexibility index (Phi) is 5.85. The highest BCUT2D eigenvalue weighted by molar-refractivity contribution is 7.91. The number of ether oxygens (including phenoxy) is 1. The van der Waals surface area contributed by atoms with E-state index >= 15 is 0 Å². The van der Waals surface area contributed by atoms with E-state index in [1.165, 1.54) is 5.56 Å². The Balaban J connectivity index is 2.65. The SMILES string of the molecule is CCCS(=O)(=O)CCOc1cc(C(C)C)ccc1C. The van der Waals surface area contributed by atoms with Crippen molar-refractivity contribution in [3.05, 3.63) is 29.3 Å². The Labute approximate surface area is 116 Å². The Hall–Kier alpha value is -1.03. The van der Waals surface area contributed by atoms with Gasteiger partial charge in [-0.05, 0) is 36.5 Å². The molecule has 1 aromatic rings. The van der Waals surface area contributed by atoms with E-state index in [2.05, 4.69) is 19.9 Å². The lowest BCUT2D eigenvalue weighted by Crippen LogP contribution is -2.17. The van der Waals surface area contributed by atoms with Crippen molar-refractivity contribution in [2.24, 2.45) is 0 Å². The second-order valence-electron chi connectivity index (χ2n) is 5.18. The average molecular weight is 284 g/mol. The molecular weight excluding hydrogens is 260 g/mol. The fourth-order valence-corrected chi connectivity index (χ4v) is 2.99. The third-order valence-electron chi connectivity index (χ3n) is 3.05. The van der Waals surface area contributed by atoms with Gasteiger partial charge in [-0.1, -0.05) is 32.9 Å². The summed E-state index contributed by atoms with van der Waals surface area (Å²) in [6.45, 7) is 8.32. The number of aryl methyl sites for hydroxylation is 1. The van der Waals surface area contributed by atoms with Crippen molar-refractivity contribution in [1.29, 1.82) is 0 Å². The maximum absolute atomic E-state index is 11.6. The van der Waals surface area contributed by atoms with Crippen LogP contribution >= 0.6 is 0 Å². The molecule has 0 saturated carbocycles. The number of rotatable bonds is 7. The van der Waals surface area contributed by atoms with E-state index < -0.39 is 9.84 Å². The van der Waals surface area contributed by atoms with Crippen LogP contribution in [0.3, 0.4) is 0 Å². The molecule has 4 heteroatoms. The first-order chi connectivity index (χ1) is 8.85. The Morgan fingerprint density at radius 3 is 2.47 bits per heavy atom. The molecule has 0 aromatic heterocycles. The molecule has 0 bridgehead atoms. The molecular formula is C15H24O3S. The van der Waals surface area contributed by atoms with E-state index in [0.717, 1.165) is 11.3 Å². The molecule has 0 aliphatic carbocycles. The van der Waals surface area contributed by atoms with Crippen LogP contribution in [0.5, 0.6) is 5.75 Å². The van der Waals surface area contributed by atoms with Crippen LogP contribution < -0.4 is 4.74 Å². The van der Waals surface area contributed by atoms with E-state index in [4.69, 9.17) is 4.74 Å². The summed E-state index contributed by atoms with van der Waals surface area (Å²) in [7, 11) is -2.97. The Bertz CT molecular complexity index is 504. The van der Waals surface area contributed by atoms with Gasteiger partial charge in [0.05, 0.1) is 11.5 Å². The number of sulfone groups is 1. The molecule has 3 nitrogen and oxygen atoms in total. The highest BCUT2D eigenvalue weighted by Crippen LogP contribution is 2.24. The van der Waals surface area contributed by atoms with Gasteiger partial charge < -0.3 is 4.74 Å². The average Bonchev–Trinajstić information content (AvgIpc) is 2.30. The second kappa shape index (κ2) is 6.94. The minimum absolute atomic E-state index is 0.0895. The summed E-state index contributed by atoms with van der Waals surface area (Å²) in [6.07, 6.45) is 0.657. The lowest BCUT2D eigenvalue weighted by molar-refractivity contribution is 0.338. The fraction of sp³-hybridized carbons (Fsp3) is 0.600. The largest absolute Gasteiger partial charge is 0.492 e. The molecule has 0 aliphatic heterocycles. The quantitative estimate of drug-likeness (QED) is 0.771. The number of benzene rings is 1. The van der Waals surface area contributed by atoms with E-state index in [1.54, 1.807) is 0 Å². The summed E-state index contributed by atoms with van der Waals surface area (Å²) in [5, 5.41) is 0. The molecule has 0 amide bonds. The van der Waals surface area contributed by atoms with Gasteiger partial charge in [-0.25, -0.2) is 8.42 Å². The number of hydrogen-bond acceptors (Lipinski definition) is 3. The summed E-state index contributed by atoms with van der Waals surface area (Å²) in [4.78, 5) is 0. The zero-order valence-electron chi connectivity index (χ0n) is 12.3. The first-order valence-electron chi connectivity index (χ1n) is 6.79. The van der Waals surface area contributed by atoms with Crippen molar-refractivity contribution < 1.29 is 13.2 Å². The van der Waals surface area contributed by atoms with Crippen molar-refractivity contribution in [2.75, 3.05) is 18.1 Å². The zero-order chi connectivity index (χ0) is 14.5. The van der Waals surface area contributed by atoms with Crippen LogP contribution in [0.25, 0.3) is 0 Å². The fourth-order valence-electron chi connectivity index (χ4n) is 1.82. The summed E-state index contributed by atoms with van der Waals surface area (Å²) in [6, 6.07) is 6.11. The van der Waals surface area contributed by atoms with Gasteiger partial charge in [0.25, 0.3) is 0 Å². The molecule has 0 N–H and O–H groups in total. The molecule has 0 saturated heterocycles. The van der Waals surface area contributed by atoms with Crippen LogP contribution in [0, 0.1) is 6.92 Å². The highest BCUT2D eigenvalue weighted by Gasteiger charge is 2.10. The van der Waals surface area contributed by atoms with E-state index in [-0.39, 0.29) is 18.1 Å². The lowest BCUT2D eigenvalue weighted by atomic mass is 10.0. The molecule has 0 fully saturated rings. The van der Waals surface area contributed by atoms with Gasteiger partial charge in [-0.2, -0.15) is 0 Å². The van der Waals surface area contributed by atoms with Gasteiger partial charge in [0.15, 0.2) is 9.84 Å². The summed E-state index contributed by atoms with van der Waals surface area (Å²) >= 11 is 0. The van der Waals surface area contributed by atoms with Crippen LogP contribution in [0.4, 0.5) is 0 Å². The molecule has 0 heterocycles. The molecule has 1 rings (SSSR count). The molecule has 1 aromatic carbocycles. The van der Waals surface area contributed by atoms with Gasteiger partial charge in [-0.3, -0.25) is 0 Å². The highest BCUT2D eigenvalue weighted by atomic mass is 32.2. The predicted octanol–water partition coefficient (Wildman–Crippen LogP) is 3.32. The molecule has 0 aliphatic rings. The maximum Gasteiger partial charge on any atom is 0.153 e. The molecule has 0 spiro atoms. The first kappa shape index (κ1) is 16.0. The lowest BCUT2D eigenvalue weighted by Gasteiger charge is -2.12. The standard InChI is InChI=1S/C15H24O3S/c1-5-9-19(16,17)10-8-18-15-11-14(12(2)3)7-6-13(15)4/h6-7,11-12H,5,8-10H2,1-4H3. The van der Waals surface area contributed by atoms with Crippen molar-refractivity contribution in [3.8, 4) is 5.75 Å². The van der Waals surface area contributed by atoms with Crippen LogP contribution in [-0.4, -0.2) is 26.5 Å². The van der Waals surface area contributed by atoms with Crippen molar-refractivity contribution in [3.63, 3.8) is 0 Å². The Morgan fingerprint density at radius 2 is 1.89 bits per heavy atom. The van der Waals surface area contributed by atoms with Crippen LogP contribution in [-0.2, 0) is 9.84 Å². The van der Waals surface area contributed by atoms with E-state index in [9.17, 15) is 8.42 Å². The van der Waals surface area contributed by atoms with Crippen molar-refractivity contribution in [1.82, 2.24) is 0 Å². The molecule has 0 unspecified atom stereocenters.